The van der Waals surface area contributed by atoms with E-state index < -0.39 is 0 Å². The minimum Gasteiger partial charge on any atom is -0.367 e. The zero-order valence-electron chi connectivity index (χ0n) is 11.8. The quantitative estimate of drug-likeness (QED) is 0.840. The minimum atomic E-state index is 0.0681. The van der Waals surface area contributed by atoms with Crippen molar-refractivity contribution < 1.29 is 0 Å². The molecule has 2 N–H and O–H groups in total. The van der Waals surface area contributed by atoms with E-state index in [4.69, 9.17) is 5.73 Å². The first kappa shape index (κ1) is 13.3. The predicted octanol–water partition coefficient (Wildman–Crippen LogP) is 3.12. The molecule has 1 aliphatic rings. The maximum atomic E-state index is 6.00. The van der Waals surface area contributed by atoms with Gasteiger partial charge in [0, 0.05) is 18.6 Å². The summed E-state index contributed by atoms with van der Waals surface area (Å²) >= 11 is 0. The molecule has 0 bridgehead atoms. The highest BCUT2D eigenvalue weighted by Gasteiger charge is 2.29. The van der Waals surface area contributed by atoms with Crippen molar-refractivity contribution in [1.82, 2.24) is 4.98 Å². The van der Waals surface area contributed by atoms with E-state index >= 15 is 0 Å². The van der Waals surface area contributed by atoms with Crippen molar-refractivity contribution in [2.75, 3.05) is 11.4 Å². The summed E-state index contributed by atoms with van der Waals surface area (Å²) in [5.74, 6) is 0.683. The Morgan fingerprint density at radius 1 is 1.39 bits per heavy atom. The first-order valence-corrected chi connectivity index (χ1v) is 7.10. The highest BCUT2D eigenvalue weighted by molar-refractivity contribution is 5.47. The molecule has 0 aromatic carbocycles. The summed E-state index contributed by atoms with van der Waals surface area (Å²) in [6.07, 6.45) is 5.57. The second-order valence-electron chi connectivity index (χ2n) is 5.73. The Kier molecular flexibility index (Phi) is 4.23. The lowest BCUT2D eigenvalue weighted by Crippen LogP contribution is -2.30. The highest BCUT2D eigenvalue weighted by atomic mass is 15.2. The first-order valence-electron chi connectivity index (χ1n) is 7.10. The number of hydrogen-bond acceptors (Lipinski definition) is 3. The Morgan fingerprint density at radius 3 is 2.56 bits per heavy atom. The fraction of sp³-hybridized carbons (Fsp3) is 0.667. The molecule has 1 fully saturated rings. The van der Waals surface area contributed by atoms with Crippen molar-refractivity contribution in [1.29, 1.82) is 0 Å². The van der Waals surface area contributed by atoms with Gasteiger partial charge in [-0.3, -0.25) is 4.98 Å². The molecule has 1 atom stereocenters. The van der Waals surface area contributed by atoms with Gasteiger partial charge in [-0.2, -0.15) is 0 Å². The van der Waals surface area contributed by atoms with Gasteiger partial charge in [0.1, 0.15) is 0 Å². The third-order valence-corrected chi connectivity index (χ3v) is 3.47. The highest BCUT2D eigenvalue weighted by Crippen LogP contribution is 2.32. The summed E-state index contributed by atoms with van der Waals surface area (Å²) in [4.78, 5) is 7.02. The summed E-state index contributed by atoms with van der Waals surface area (Å²) in [6.45, 7) is 7.75. The molecule has 3 heteroatoms. The van der Waals surface area contributed by atoms with Crippen LogP contribution in [-0.4, -0.2) is 17.6 Å². The van der Waals surface area contributed by atoms with Crippen LogP contribution in [0.1, 0.15) is 51.8 Å². The second kappa shape index (κ2) is 5.70. The van der Waals surface area contributed by atoms with Gasteiger partial charge >= 0.3 is 0 Å². The first-order chi connectivity index (χ1) is 8.61. The van der Waals surface area contributed by atoms with Crippen LogP contribution in [0.15, 0.2) is 18.3 Å². The summed E-state index contributed by atoms with van der Waals surface area (Å²) in [5.41, 5.74) is 8.25. The van der Waals surface area contributed by atoms with Crippen LogP contribution in [-0.2, 0) is 0 Å². The molecule has 0 spiro atoms. The molecular formula is C15H25N3. The third-order valence-electron chi connectivity index (χ3n) is 3.47. The maximum absolute atomic E-state index is 6.00. The van der Waals surface area contributed by atoms with E-state index in [-0.39, 0.29) is 6.04 Å². The van der Waals surface area contributed by atoms with Gasteiger partial charge < -0.3 is 10.6 Å². The van der Waals surface area contributed by atoms with Gasteiger partial charge in [-0.05, 0) is 37.3 Å². The van der Waals surface area contributed by atoms with E-state index in [0.717, 1.165) is 24.7 Å². The monoisotopic (exact) mass is 247 g/mol. The Labute approximate surface area is 110 Å². The number of aromatic nitrogens is 1. The molecule has 1 aliphatic carbocycles. The Hall–Kier alpha value is -1.09. The Morgan fingerprint density at radius 2 is 2.11 bits per heavy atom. The van der Waals surface area contributed by atoms with E-state index in [1.165, 1.54) is 18.5 Å². The van der Waals surface area contributed by atoms with Gasteiger partial charge in [0.2, 0.25) is 0 Å². The molecule has 0 radical (unpaired) electrons. The van der Waals surface area contributed by atoms with Gasteiger partial charge in [-0.25, -0.2) is 0 Å². The fourth-order valence-corrected chi connectivity index (χ4v) is 2.24. The van der Waals surface area contributed by atoms with Crippen LogP contribution in [0.25, 0.3) is 0 Å². The van der Waals surface area contributed by atoms with Crippen molar-refractivity contribution in [3.05, 3.63) is 24.0 Å². The standard InChI is InChI=1S/C15H25N3/c1-4-14(16)15-8-7-13(9-17-15)18(10-11(2)3)12-5-6-12/h7-9,11-12,14H,4-6,10,16H2,1-3H3. The molecule has 1 aromatic rings. The molecule has 2 rings (SSSR count). The predicted molar refractivity (Wildman–Crippen MR) is 76.7 cm³/mol. The van der Waals surface area contributed by atoms with Crippen LogP contribution in [0, 0.1) is 5.92 Å². The van der Waals surface area contributed by atoms with E-state index in [0.29, 0.717) is 5.92 Å². The summed E-state index contributed by atoms with van der Waals surface area (Å²) in [5, 5.41) is 0. The second-order valence-corrected chi connectivity index (χ2v) is 5.73. The smallest absolute Gasteiger partial charge is 0.0572 e. The molecule has 100 valence electrons. The number of nitrogens with two attached hydrogens (primary N) is 1. The lowest BCUT2D eigenvalue weighted by atomic mass is 10.1. The van der Waals surface area contributed by atoms with Crippen molar-refractivity contribution in [2.24, 2.45) is 11.7 Å². The van der Waals surface area contributed by atoms with Crippen LogP contribution in [0.3, 0.4) is 0 Å². The van der Waals surface area contributed by atoms with Crippen LogP contribution in [0.4, 0.5) is 5.69 Å². The molecule has 1 saturated carbocycles. The van der Waals surface area contributed by atoms with Gasteiger partial charge in [-0.15, -0.1) is 0 Å². The SMILES string of the molecule is CCC(N)c1ccc(N(CC(C)C)C2CC2)cn1. The fourth-order valence-electron chi connectivity index (χ4n) is 2.24. The Bertz CT molecular complexity index is 368. The number of pyridine rings is 1. The van der Waals surface area contributed by atoms with E-state index in [1.807, 2.05) is 6.20 Å². The van der Waals surface area contributed by atoms with Crippen molar-refractivity contribution in [3.8, 4) is 0 Å². The van der Waals surface area contributed by atoms with Gasteiger partial charge in [0.15, 0.2) is 0 Å². The Balaban J connectivity index is 2.10. The minimum absolute atomic E-state index is 0.0681. The average Bonchev–Trinajstić information content (AvgIpc) is 3.19. The van der Waals surface area contributed by atoms with Crippen LogP contribution >= 0.6 is 0 Å². The average molecular weight is 247 g/mol. The number of nitrogens with zero attached hydrogens (tertiary/aromatic N) is 2. The van der Waals surface area contributed by atoms with Gasteiger partial charge in [0.25, 0.3) is 0 Å². The molecule has 1 unspecified atom stereocenters. The van der Waals surface area contributed by atoms with Gasteiger partial charge in [0.05, 0.1) is 17.6 Å². The lowest BCUT2D eigenvalue weighted by Gasteiger charge is -2.26. The molecule has 3 nitrogen and oxygen atoms in total. The molecule has 0 amide bonds. The summed E-state index contributed by atoms with van der Waals surface area (Å²) < 4.78 is 0. The molecular weight excluding hydrogens is 222 g/mol. The number of rotatable bonds is 6. The molecule has 1 heterocycles. The van der Waals surface area contributed by atoms with Crippen LogP contribution < -0.4 is 10.6 Å². The zero-order chi connectivity index (χ0) is 13.1. The molecule has 18 heavy (non-hydrogen) atoms. The maximum Gasteiger partial charge on any atom is 0.0572 e. The molecule has 0 aliphatic heterocycles. The van der Waals surface area contributed by atoms with Crippen molar-refractivity contribution in [2.45, 2.75) is 52.1 Å². The van der Waals surface area contributed by atoms with Crippen LogP contribution in [0.2, 0.25) is 0 Å². The molecule has 0 saturated heterocycles. The van der Waals surface area contributed by atoms with E-state index in [1.54, 1.807) is 0 Å². The number of hydrogen-bond donors (Lipinski definition) is 1. The number of anilines is 1. The lowest BCUT2D eigenvalue weighted by molar-refractivity contribution is 0.605. The van der Waals surface area contributed by atoms with Gasteiger partial charge in [-0.1, -0.05) is 20.8 Å². The topological polar surface area (TPSA) is 42.1 Å². The van der Waals surface area contributed by atoms with Crippen LogP contribution in [0.5, 0.6) is 0 Å². The van der Waals surface area contributed by atoms with E-state index in [2.05, 4.69) is 42.8 Å². The van der Waals surface area contributed by atoms with E-state index in [9.17, 15) is 0 Å². The summed E-state index contributed by atoms with van der Waals surface area (Å²) in [6, 6.07) is 5.07. The molecule has 1 aromatic heterocycles. The van der Waals surface area contributed by atoms with Crippen molar-refractivity contribution in [3.63, 3.8) is 0 Å². The normalized spacial score (nSPS) is 16.9. The zero-order valence-corrected chi connectivity index (χ0v) is 11.8. The third kappa shape index (κ3) is 3.22. The largest absolute Gasteiger partial charge is 0.367 e. The summed E-state index contributed by atoms with van der Waals surface area (Å²) in [7, 11) is 0. The van der Waals surface area contributed by atoms with Crippen molar-refractivity contribution >= 4 is 5.69 Å².